The van der Waals surface area contributed by atoms with Crippen molar-refractivity contribution in [1.29, 1.82) is 0 Å². The van der Waals surface area contributed by atoms with Gasteiger partial charge in [-0.25, -0.2) is 0 Å². The molecule has 0 radical (unpaired) electrons. The largest absolute Gasteiger partial charge is 0.305 e. The van der Waals surface area contributed by atoms with Gasteiger partial charge in [0.1, 0.15) is 0 Å². The Morgan fingerprint density at radius 3 is 2.67 bits per heavy atom. The van der Waals surface area contributed by atoms with Crippen LogP contribution >= 0.6 is 0 Å². The monoisotopic (exact) mass is 243 g/mol. The summed E-state index contributed by atoms with van der Waals surface area (Å²) < 4.78 is 2.06. The third-order valence-corrected chi connectivity index (χ3v) is 3.17. The summed E-state index contributed by atoms with van der Waals surface area (Å²) in [7, 11) is 0. The first-order valence-electron chi connectivity index (χ1n) is 6.52. The van der Waals surface area contributed by atoms with Crippen molar-refractivity contribution >= 4 is 0 Å². The number of nitrogens with zero attached hydrogens (tertiary/aromatic N) is 2. The number of hydrogen-bond donors (Lipinski definition) is 1. The van der Waals surface area contributed by atoms with Crippen LogP contribution in [0.25, 0.3) is 0 Å². The van der Waals surface area contributed by atoms with E-state index in [2.05, 4.69) is 59.3 Å². The van der Waals surface area contributed by atoms with Crippen LogP contribution in [0, 0.1) is 6.92 Å². The fourth-order valence-electron chi connectivity index (χ4n) is 2.13. The van der Waals surface area contributed by atoms with Crippen molar-refractivity contribution < 1.29 is 0 Å². The van der Waals surface area contributed by atoms with E-state index in [1.54, 1.807) is 0 Å². The highest BCUT2D eigenvalue weighted by Crippen LogP contribution is 2.12. The van der Waals surface area contributed by atoms with Crippen LogP contribution in [0.15, 0.2) is 36.4 Å². The molecule has 0 aliphatic rings. The van der Waals surface area contributed by atoms with Crippen molar-refractivity contribution in [3.8, 4) is 0 Å². The minimum atomic E-state index is 0.353. The lowest BCUT2D eigenvalue weighted by Crippen LogP contribution is -2.20. The molecule has 0 saturated carbocycles. The Labute approximate surface area is 109 Å². The molecule has 0 amide bonds. The van der Waals surface area contributed by atoms with E-state index in [4.69, 9.17) is 0 Å². The topological polar surface area (TPSA) is 29.9 Å². The van der Waals surface area contributed by atoms with Crippen LogP contribution in [-0.4, -0.2) is 9.78 Å². The molecule has 0 saturated heterocycles. The summed E-state index contributed by atoms with van der Waals surface area (Å²) in [6.45, 7) is 8.12. The van der Waals surface area contributed by atoms with Gasteiger partial charge in [-0.15, -0.1) is 0 Å². The van der Waals surface area contributed by atoms with Gasteiger partial charge in [-0.3, -0.25) is 4.68 Å². The van der Waals surface area contributed by atoms with Crippen molar-refractivity contribution in [2.75, 3.05) is 0 Å². The van der Waals surface area contributed by atoms with E-state index in [9.17, 15) is 0 Å². The Hall–Kier alpha value is -1.61. The summed E-state index contributed by atoms with van der Waals surface area (Å²) >= 11 is 0. The van der Waals surface area contributed by atoms with E-state index in [0.717, 1.165) is 18.8 Å². The molecular weight excluding hydrogens is 222 g/mol. The maximum atomic E-state index is 4.46. The van der Waals surface area contributed by atoms with E-state index in [1.807, 2.05) is 13.0 Å². The number of aryl methyl sites for hydroxylation is 2. The SMILES string of the molecule is CCn1nc(C)cc1CN[C@@H](C)c1ccccc1. The van der Waals surface area contributed by atoms with Crippen molar-refractivity contribution in [3.05, 3.63) is 53.3 Å². The average molecular weight is 243 g/mol. The molecule has 1 aromatic heterocycles. The molecule has 3 nitrogen and oxygen atoms in total. The van der Waals surface area contributed by atoms with Gasteiger partial charge in [0.2, 0.25) is 0 Å². The third kappa shape index (κ3) is 2.99. The van der Waals surface area contributed by atoms with Gasteiger partial charge in [0.25, 0.3) is 0 Å². The van der Waals surface area contributed by atoms with Gasteiger partial charge in [-0.05, 0) is 32.4 Å². The van der Waals surface area contributed by atoms with Crippen LogP contribution in [0.1, 0.15) is 36.8 Å². The third-order valence-electron chi connectivity index (χ3n) is 3.17. The summed E-state index contributed by atoms with van der Waals surface area (Å²) in [5, 5.41) is 8.00. The van der Waals surface area contributed by atoms with Gasteiger partial charge >= 0.3 is 0 Å². The molecule has 96 valence electrons. The summed E-state index contributed by atoms with van der Waals surface area (Å²) in [4.78, 5) is 0. The lowest BCUT2D eigenvalue weighted by atomic mass is 10.1. The second-order valence-electron chi connectivity index (χ2n) is 4.61. The average Bonchev–Trinajstić information content (AvgIpc) is 2.77. The Bertz CT molecular complexity index is 488. The number of rotatable bonds is 5. The molecule has 2 rings (SSSR count). The van der Waals surface area contributed by atoms with E-state index in [1.165, 1.54) is 11.3 Å². The smallest absolute Gasteiger partial charge is 0.0597 e. The molecule has 0 bridgehead atoms. The molecular formula is C15H21N3. The highest BCUT2D eigenvalue weighted by molar-refractivity contribution is 5.18. The summed E-state index contributed by atoms with van der Waals surface area (Å²) in [5.41, 5.74) is 3.65. The van der Waals surface area contributed by atoms with Crippen molar-refractivity contribution in [1.82, 2.24) is 15.1 Å². The molecule has 18 heavy (non-hydrogen) atoms. The van der Waals surface area contributed by atoms with E-state index >= 15 is 0 Å². The Kier molecular flexibility index (Phi) is 4.15. The molecule has 1 aromatic carbocycles. The van der Waals surface area contributed by atoms with E-state index in [-0.39, 0.29) is 0 Å². The Morgan fingerprint density at radius 2 is 2.00 bits per heavy atom. The molecule has 0 spiro atoms. The number of hydrogen-bond acceptors (Lipinski definition) is 2. The van der Waals surface area contributed by atoms with Gasteiger partial charge in [-0.2, -0.15) is 5.10 Å². The first kappa shape index (κ1) is 12.8. The fraction of sp³-hybridized carbons (Fsp3) is 0.400. The first-order chi connectivity index (χ1) is 8.70. The molecule has 0 fully saturated rings. The first-order valence-corrected chi connectivity index (χ1v) is 6.52. The zero-order chi connectivity index (χ0) is 13.0. The summed E-state index contributed by atoms with van der Waals surface area (Å²) in [6, 6.07) is 13.0. The highest BCUT2D eigenvalue weighted by Gasteiger charge is 2.07. The highest BCUT2D eigenvalue weighted by atomic mass is 15.3. The molecule has 0 aliphatic heterocycles. The number of nitrogens with one attached hydrogen (secondary N) is 1. The summed E-state index contributed by atoms with van der Waals surface area (Å²) in [5.74, 6) is 0. The van der Waals surface area contributed by atoms with Crippen LogP contribution < -0.4 is 5.32 Å². The standard InChI is InChI=1S/C15H21N3/c1-4-18-15(10-12(2)17-18)11-16-13(3)14-8-6-5-7-9-14/h5-10,13,16H,4,11H2,1-3H3/t13-/m0/s1. The van der Waals surface area contributed by atoms with Crippen LogP contribution in [0.2, 0.25) is 0 Å². The maximum Gasteiger partial charge on any atom is 0.0597 e. The number of benzene rings is 1. The summed E-state index contributed by atoms with van der Waals surface area (Å²) in [6.07, 6.45) is 0. The zero-order valence-corrected chi connectivity index (χ0v) is 11.4. The predicted octanol–water partition coefficient (Wildman–Crippen LogP) is 3.06. The van der Waals surface area contributed by atoms with Gasteiger partial charge in [0.15, 0.2) is 0 Å². The fourth-order valence-corrected chi connectivity index (χ4v) is 2.13. The molecule has 2 aromatic rings. The second-order valence-corrected chi connectivity index (χ2v) is 4.61. The minimum Gasteiger partial charge on any atom is -0.305 e. The lowest BCUT2D eigenvalue weighted by Gasteiger charge is -2.14. The molecule has 1 atom stereocenters. The minimum absolute atomic E-state index is 0.353. The Balaban J connectivity index is 1.99. The van der Waals surface area contributed by atoms with E-state index in [0.29, 0.717) is 6.04 Å². The normalized spacial score (nSPS) is 12.6. The van der Waals surface area contributed by atoms with Crippen molar-refractivity contribution in [3.63, 3.8) is 0 Å². The zero-order valence-electron chi connectivity index (χ0n) is 11.4. The van der Waals surface area contributed by atoms with Gasteiger partial charge in [-0.1, -0.05) is 30.3 Å². The van der Waals surface area contributed by atoms with Gasteiger partial charge < -0.3 is 5.32 Å². The van der Waals surface area contributed by atoms with Crippen LogP contribution in [0.3, 0.4) is 0 Å². The van der Waals surface area contributed by atoms with Crippen molar-refractivity contribution in [2.24, 2.45) is 0 Å². The van der Waals surface area contributed by atoms with E-state index < -0.39 is 0 Å². The maximum absolute atomic E-state index is 4.46. The molecule has 3 heteroatoms. The predicted molar refractivity (Wildman–Crippen MR) is 74.3 cm³/mol. The van der Waals surface area contributed by atoms with Crippen LogP contribution in [-0.2, 0) is 13.1 Å². The van der Waals surface area contributed by atoms with Crippen LogP contribution in [0.5, 0.6) is 0 Å². The Morgan fingerprint density at radius 1 is 1.28 bits per heavy atom. The molecule has 0 unspecified atom stereocenters. The van der Waals surface area contributed by atoms with Gasteiger partial charge in [0.05, 0.1) is 11.4 Å². The quantitative estimate of drug-likeness (QED) is 0.874. The van der Waals surface area contributed by atoms with Gasteiger partial charge in [0, 0.05) is 19.1 Å². The van der Waals surface area contributed by atoms with Crippen molar-refractivity contribution in [2.45, 2.75) is 39.9 Å². The molecule has 0 aliphatic carbocycles. The van der Waals surface area contributed by atoms with Crippen LogP contribution in [0.4, 0.5) is 0 Å². The number of aromatic nitrogens is 2. The molecule has 1 heterocycles. The molecule has 1 N–H and O–H groups in total. The lowest BCUT2D eigenvalue weighted by molar-refractivity contribution is 0.531. The second kappa shape index (κ2) is 5.83.